The van der Waals surface area contributed by atoms with Crippen molar-refractivity contribution in [2.45, 2.75) is 17.8 Å². The van der Waals surface area contributed by atoms with E-state index in [0.717, 1.165) is 5.75 Å². The van der Waals surface area contributed by atoms with Crippen LogP contribution >= 0.6 is 11.8 Å². The van der Waals surface area contributed by atoms with Crippen LogP contribution in [0.1, 0.15) is 24.1 Å². The minimum atomic E-state index is -0.478. The molecule has 5 nitrogen and oxygen atoms in total. The SMILES string of the molecule is CCS[C@@]12c3ccccc3[C@@H]([C@@H]3C(=O)N(c4ccc(OC)cc4)C(=O)[C@@H]31)N2C. The largest absolute Gasteiger partial charge is 0.497 e. The van der Waals surface area contributed by atoms with Crippen molar-refractivity contribution in [3.63, 3.8) is 0 Å². The van der Waals surface area contributed by atoms with E-state index in [0.29, 0.717) is 11.4 Å². The Labute approximate surface area is 168 Å². The first-order valence-corrected chi connectivity index (χ1v) is 10.5. The maximum Gasteiger partial charge on any atom is 0.240 e. The predicted octanol–water partition coefficient (Wildman–Crippen LogP) is 3.41. The van der Waals surface area contributed by atoms with Crippen LogP contribution in [0.5, 0.6) is 5.75 Å². The maximum atomic E-state index is 13.6. The monoisotopic (exact) mass is 394 g/mol. The Morgan fingerprint density at radius 3 is 2.46 bits per heavy atom. The first-order valence-electron chi connectivity index (χ1n) is 9.54. The Bertz CT molecular complexity index is 976. The van der Waals surface area contributed by atoms with Crippen molar-refractivity contribution in [1.82, 2.24) is 4.90 Å². The second-order valence-corrected chi connectivity index (χ2v) is 8.97. The highest BCUT2D eigenvalue weighted by atomic mass is 32.2. The van der Waals surface area contributed by atoms with Crippen LogP contribution in [0.25, 0.3) is 0 Å². The molecule has 2 saturated heterocycles. The van der Waals surface area contributed by atoms with Gasteiger partial charge in [0.2, 0.25) is 11.8 Å². The number of benzene rings is 2. The summed E-state index contributed by atoms with van der Waals surface area (Å²) in [4.78, 5) is 30.3. The second kappa shape index (κ2) is 6.09. The summed E-state index contributed by atoms with van der Waals surface area (Å²) < 4.78 is 5.21. The quantitative estimate of drug-likeness (QED) is 0.744. The minimum absolute atomic E-state index is 0.0556. The van der Waals surface area contributed by atoms with Gasteiger partial charge >= 0.3 is 0 Å². The lowest BCUT2D eigenvalue weighted by Crippen LogP contribution is -2.43. The molecule has 3 aliphatic rings. The van der Waals surface area contributed by atoms with Crippen molar-refractivity contribution < 1.29 is 14.3 Å². The van der Waals surface area contributed by atoms with E-state index in [1.54, 1.807) is 43.1 Å². The number of rotatable bonds is 4. The molecule has 0 unspecified atom stereocenters. The van der Waals surface area contributed by atoms with Gasteiger partial charge in [0, 0.05) is 6.04 Å². The number of nitrogens with zero attached hydrogens (tertiary/aromatic N) is 2. The summed E-state index contributed by atoms with van der Waals surface area (Å²) in [6.07, 6.45) is 0. The van der Waals surface area contributed by atoms with Gasteiger partial charge in [-0.15, -0.1) is 11.8 Å². The van der Waals surface area contributed by atoms with Crippen LogP contribution in [0, 0.1) is 11.8 Å². The number of hydrogen-bond donors (Lipinski definition) is 0. The van der Waals surface area contributed by atoms with Gasteiger partial charge in [-0.05, 0) is 48.2 Å². The van der Waals surface area contributed by atoms with Crippen LogP contribution in [-0.4, -0.2) is 36.6 Å². The molecule has 3 aliphatic heterocycles. The zero-order valence-corrected chi connectivity index (χ0v) is 16.9. The van der Waals surface area contributed by atoms with Crippen molar-refractivity contribution in [3.8, 4) is 5.75 Å². The molecule has 2 bridgehead atoms. The number of anilines is 1. The third-order valence-corrected chi connectivity index (χ3v) is 7.91. The highest BCUT2D eigenvalue weighted by Crippen LogP contribution is 2.68. The molecule has 3 heterocycles. The lowest BCUT2D eigenvalue weighted by atomic mass is 9.77. The molecular formula is C22H22N2O3S. The lowest BCUT2D eigenvalue weighted by Gasteiger charge is -2.37. The van der Waals surface area contributed by atoms with Gasteiger partial charge < -0.3 is 4.74 Å². The van der Waals surface area contributed by atoms with Crippen molar-refractivity contribution in [3.05, 3.63) is 59.7 Å². The fourth-order valence-corrected chi connectivity index (χ4v) is 6.93. The summed E-state index contributed by atoms with van der Waals surface area (Å²) >= 11 is 1.77. The predicted molar refractivity (Wildman–Crippen MR) is 109 cm³/mol. The van der Waals surface area contributed by atoms with Gasteiger partial charge in [-0.3, -0.25) is 14.5 Å². The van der Waals surface area contributed by atoms with Gasteiger partial charge in [0.05, 0.1) is 24.6 Å². The van der Waals surface area contributed by atoms with Gasteiger partial charge in [0.1, 0.15) is 10.6 Å². The Balaban J connectivity index is 1.64. The molecule has 5 rings (SSSR count). The molecule has 2 aromatic rings. The zero-order chi connectivity index (χ0) is 19.6. The third kappa shape index (κ3) is 1.97. The van der Waals surface area contributed by atoms with Gasteiger partial charge in [0.15, 0.2) is 0 Å². The summed E-state index contributed by atoms with van der Waals surface area (Å²) in [5.41, 5.74) is 2.99. The molecule has 0 N–H and O–H groups in total. The molecule has 0 aromatic heterocycles. The Hall–Kier alpha value is -2.31. The van der Waals surface area contributed by atoms with E-state index in [4.69, 9.17) is 4.74 Å². The summed E-state index contributed by atoms with van der Waals surface area (Å²) in [6, 6.07) is 15.4. The summed E-state index contributed by atoms with van der Waals surface area (Å²) in [5, 5.41) is 0. The number of thioether (sulfide) groups is 1. The van der Waals surface area contributed by atoms with E-state index in [9.17, 15) is 9.59 Å². The average molecular weight is 394 g/mol. The fourth-order valence-electron chi connectivity index (χ4n) is 5.40. The van der Waals surface area contributed by atoms with Crippen LogP contribution in [-0.2, 0) is 14.5 Å². The van der Waals surface area contributed by atoms with Crippen molar-refractivity contribution in [2.75, 3.05) is 24.8 Å². The molecule has 0 spiro atoms. The van der Waals surface area contributed by atoms with E-state index in [-0.39, 0.29) is 29.7 Å². The standard InChI is InChI=1S/C22H22N2O3S/c1-4-28-22-16-8-6-5-7-15(16)19(23(22)2)17-18(22)21(26)24(20(17)25)13-9-11-14(27-3)12-10-13/h5-12,17-19H,4H2,1-3H3/t17-,18-,19+,22+/m1/s1. The van der Waals surface area contributed by atoms with Gasteiger partial charge in [0.25, 0.3) is 0 Å². The van der Waals surface area contributed by atoms with Crippen molar-refractivity contribution in [1.29, 1.82) is 0 Å². The van der Waals surface area contributed by atoms with Crippen molar-refractivity contribution >= 4 is 29.3 Å². The number of methoxy groups -OCH3 is 1. The molecule has 6 heteroatoms. The first kappa shape index (κ1) is 17.8. The lowest BCUT2D eigenvalue weighted by molar-refractivity contribution is -0.124. The number of fused-ring (bicyclic) bond motifs is 8. The van der Waals surface area contributed by atoms with E-state index < -0.39 is 4.87 Å². The van der Waals surface area contributed by atoms with Crippen LogP contribution in [0.2, 0.25) is 0 Å². The average Bonchev–Trinajstić information content (AvgIpc) is 3.23. The smallest absolute Gasteiger partial charge is 0.240 e. The molecule has 2 aromatic carbocycles. The second-order valence-electron chi connectivity index (χ2n) is 7.49. The Morgan fingerprint density at radius 1 is 1.07 bits per heavy atom. The normalized spacial score (nSPS) is 30.7. The fraction of sp³-hybridized carbons (Fsp3) is 0.364. The Kier molecular flexibility index (Phi) is 3.87. The van der Waals surface area contributed by atoms with Crippen LogP contribution in [0.15, 0.2) is 48.5 Å². The zero-order valence-electron chi connectivity index (χ0n) is 16.1. The molecular weight excluding hydrogens is 372 g/mol. The molecule has 4 atom stereocenters. The van der Waals surface area contributed by atoms with E-state index in [2.05, 4.69) is 31.0 Å². The number of ether oxygens (including phenoxy) is 1. The highest BCUT2D eigenvalue weighted by molar-refractivity contribution is 8.00. The maximum absolute atomic E-state index is 13.6. The topological polar surface area (TPSA) is 49.9 Å². The number of carbonyl (C=O) groups excluding carboxylic acids is 2. The molecule has 0 radical (unpaired) electrons. The first-order chi connectivity index (χ1) is 13.6. The van der Waals surface area contributed by atoms with Gasteiger partial charge in [-0.25, -0.2) is 4.90 Å². The number of imide groups is 1. The third-order valence-electron chi connectivity index (χ3n) is 6.41. The van der Waals surface area contributed by atoms with Crippen molar-refractivity contribution in [2.24, 2.45) is 11.8 Å². The molecule has 2 fully saturated rings. The van der Waals surface area contributed by atoms with Gasteiger partial charge in [-0.1, -0.05) is 31.2 Å². The van der Waals surface area contributed by atoms with E-state index in [1.807, 2.05) is 12.1 Å². The molecule has 28 heavy (non-hydrogen) atoms. The van der Waals surface area contributed by atoms with Crippen LogP contribution in [0.4, 0.5) is 5.69 Å². The molecule has 0 aliphatic carbocycles. The van der Waals surface area contributed by atoms with Gasteiger partial charge in [-0.2, -0.15) is 0 Å². The summed E-state index contributed by atoms with van der Waals surface area (Å²) in [7, 11) is 3.66. The number of carbonyl (C=O) groups is 2. The molecule has 2 amide bonds. The highest BCUT2D eigenvalue weighted by Gasteiger charge is 2.73. The number of amides is 2. The van der Waals surface area contributed by atoms with Crippen LogP contribution < -0.4 is 9.64 Å². The van der Waals surface area contributed by atoms with E-state index in [1.165, 1.54) is 16.0 Å². The Morgan fingerprint density at radius 2 is 1.79 bits per heavy atom. The minimum Gasteiger partial charge on any atom is -0.497 e. The van der Waals surface area contributed by atoms with Crippen LogP contribution in [0.3, 0.4) is 0 Å². The summed E-state index contributed by atoms with van der Waals surface area (Å²) in [6.45, 7) is 2.11. The molecule has 0 saturated carbocycles. The summed E-state index contributed by atoms with van der Waals surface area (Å²) in [5.74, 6) is 0.687. The number of hydrogen-bond acceptors (Lipinski definition) is 5. The van der Waals surface area contributed by atoms with E-state index >= 15 is 0 Å². The molecule has 144 valence electrons.